The molecule has 8 heteroatoms. The number of hydrogen-bond acceptors (Lipinski definition) is 7. The van der Waals surface area contributed by atoms with E-state index in [1.165, 1.54) is 32.7 Å². The van der Waals surface area contributed by atoms with Crippen LogP contribution in [0.1, 0.15) is 9.67 Å². The Balaban J connectivity index is 1.81. The number of benzene rings is 1. The third-order valence-electron chi connectivity index (χ3n) is 3.98. The maximum absolute atomic E-state index is 12.7. The molecule has 7 nitrogen and oxygen atoms in total. The number of nitrogens with zero attached hydrogens (tertiary/aromatic N) is 1. The van der Waals surface area contributed by atoms with E-state index < -0.39 is 0 Å². The monoisotopic (exact) mass is 400 g/mol. The van der Waals surface area contributed by atoms with Crippen molar-refractivity contribution in [1.82, 2.24) is 4.98 Å². The normalized spacial score (nSPS) is 10.3. The molecule has 0 saturated carbocycles. The zero-order chi connectivity index (χ0) is 20.1. The van der Waals surface area contributed by atoms with E-state index in [2.05, 4.69) is 10.3 Å². The van der Waals surface area contributed by atoms with Crippen LogP contribution in [0.15, 0.2) is 42.6 Å². The lowest BCUT2D eigenvalue weighted by Gasteiger charge is -2.14. The van der Waals surface area contributed by atoms with Gasteiger partial charge in [-0.2, -0.15) is 0 Å². The van der Waals surface area contributed by atoms with Gasteiger partial charge in [-0.25, -0.2) is 4.98 Å². The van der Waals surface area contributed by atoms with Crippen molar-refractivity contribution in [3.63, 3.8) is 0 Å². The molecule has 3 rings (SSSR count). The van der Waals surface area contributed by atoms with Gasteiger partial charge in [0.1, 0.15) is 0 Å². The third kappa shape index (κ3) is 4.01. The van der Waals surface area contributed by atoms with E-state index >= 15 is 0 Å². The van der Waals surface area contributed by atoms with Gasteiger partial charge in [-0.15, -0.1) is 11.3 Å². The zero-order valence-electron chi connectivity index (χ0n) is 15.9. The van der Waals surface area contributed by atoms with Gasteiger partial charge in [0.15, 0.2) is 11.5 Å². The molecule has 0 aliphatic carbocycles. The number of aromatic nitrogens is 1. The molecule has 0 aliphatic heterocycles. The SMILES string of the molecule is COc1ccc(-c2ccc(C(=O)Nc3cc(OC)c(OC)c(OC)c3)s2)cn1. The third-order valence-corrected chi connectivity index (χ3v) is 5.12. The summed E-state index contributed by atoms with van der Waals surface area (Å²) in [7, 11) is 6.15. The molecular weight excluding hydrogens is 380 g/mol. The summed E-state index contributed by atoms with van der Waals surface area (Å²) in [4.78, 5) is 18.4. The molecular formula is C20H20N2O5S. The molecule has 0 spiro atoms. The van der Waals surface area contributed by atoms with Gasteiger partial charge < -0.3 is 24.3 Å². The molecule has 2 heterocycles. The topological polar surface area (TPSA) is 78.9 Å². The highest BCUT2D eigenvalue weighted by molar-refractivity contribution is 7.17. The minimum atomic E-state index is -0.230. The Morgan fingerprint density at radius 3 is 2.18 bits per heavy atom. The number of nitrogens with one attached hydrogen (secondary N) is 1. The summed E-state index contributed by atoms with van der Waals surface area (Å²) < 4.78 is 21.0. The molecule has 0 radical (unpaired) electrons. The highest BCUT2D eigenvalue weighted by Gasteiger charge is 2.16. The van der Waals surface area contributed by atoms with E-state index in [0.717, 1.165) is 10.4 Å². The molecule has 3 aromatic rings. The van der Waals surface area contributed by atoms with E-state index in [9.17, 15) is 4.79 Å². The fourth-order valence-corrected chi connectivity index (χ4v) is 3.50. The maximum Gasteiger partial charge on any atom is 0.265 e. The lowest BCUT2D eigenvalue weighted by atomic mass is 10.2. The van der Waals surface area contributed by atoms with E-state index in [1.54, 1.807) is 37.6 Å². The maximum atomic E-state index is 12.7. The van der Waals surface area contributed by atoms with Gasteiger partial charge in [-0.05, 0) is 18.2 Å². The standard InChI is InChI=1S/C20H20N2O5S/c1-24-14-9-13(10-15(25-2)19(14)27-4)22-20(23)17-7-6-16(28-17)12-5-8-18(26-3)21-11-12/h5-11H,1-4H3,(H,22,23). The van der Waals surface area contributed by atoms with E-state index in [1.807, 2.05) is 12.1 Å². The van der Waals surface area contributed by atoms with Crippen LogP contribution in [0.4, 0.5) is 5.69 Å². The number of rotatable bonds is 7. The molecule has 0 fully saturated rings. The molecule has 2 aromatic heterocycles. The van der Waals surface area contributed by atoms with Crippen molar-refractivity contribution in [2.75, 3.05) is 33.8 Å². The van der Waals surface area contributed by atoms with Gasteiger partial charge in [0.05, 0.1) is 33.3 Å². The second kappa shape index (κ2) is 8.62. The highest BCUT2D eigenvalue weighted by atomic mass is 32.1. The van der Waals surface area contributed by atoms with Gasteiger partial charge >= 0.3 is 0 Å². The molecule has 1 aromatic carbocycles. The number of ether oxygens (including phenoxy) is 4. The smallest absolute Gasteiger partial charge is 0.265 e. The first-order valence-corrected chi connectivity index (χ1v) is 9.12. The van der Waals surface area contributed by atoms with Crippen LogP contribution < -0.4 is 24.3 Å². The number of carbonyl (C=O) groups is 1. The van der Waals surface area contributed by atoms with Crippen molar-refractivity contribution in [2.45, 2.75) is 0 Å². The first-order valence-electron chi connectivity index (χ1n) is 8.31. The van der Waals surface area contributed by atoms with Crippen molar-refractivity contribution >= 4 is 22.9 Å². The first kappa shape index (κ1) is 19.5. The summed E-state index contributed by atoms with van der Waals surface area (Å²) in [6.45, 7) is 0. The quantitative estimate of drug-likeness (QED) is 0.643. The number of methoxy groups -OCH3 is 4. The minimum Gasteiger partial charge on any atom is -0.493 e. The predicted molar refractivity (Wildman–Crippen MR) is 108 cm³/mol. The predicted octanol–water partition coefficient (Wildman–Crippen LogP) is 4.10. The van der Waals surface area contributed by atoms with Gasteiger partial charge in [0.2, 0.25) is 11.6 Å². The molecule has 0 unspecified atom stereocenters. The van der Waals surface area contributed by atoms with Crippen molar-refractivity contribution in [2.24, 2.45) is 0 Å². The fourth-order valence-electron chi connectivity index (χ4n) is 2.61. The molecule has 28 heavy (non-hydrogen) atoms. The van der Waals surface area contributed by atoms with Crippen LogP contribution in [0.2, 0.25) is 0 Å². The van der Waals surface area contributed by atoms with Crippen LogP contribution in [-0.4, -0.2) is 39.3 Å². The Morgan fingerprint density at radius 1 is 0.929 bits per heavy atom. The Morgan fingerprint density at radius 2 is 1.64 bits per heavy atom. The van der Waals surface area contributed by atoms with Gasteiger partial charge in [-0.3, -0.25) is 4.79 Å². The summed E-state index contributed by atoms with van der Waals surface area (Å²) >= 11 is 1.37. The number of hydrogen-bond donors (Lipinski definition) is 1. The Hall–Kier alpha value is -3.26. The second-order valence-corrected chi connectivity index (χ2v) is 6.71. The molecule has 0 saturated heterocycles. The lowest BCUT2D eigenvalue weighted by molar-refractivity contribution is 0.103. The van der Waals surface area contributed by atoms with E-state index in [4.69, 9.17) is 18.9 Å². The number of anilines is 1. The first-order chi connectivity index (χ1) is 13.6. The molecule has 0 atom stereocenters. The summed E-state index contributed by atoms with van der Waals surface area (Å²) in [5.74, 6) is 1.71. The lowest BCUT2D eigenvalue weighted by Crippen LogP contribution is -2.10. The Kier molecular flexibility index (Phi) is 6.00. The van der Waals surface area contributed by atoms with E-state index in [-0.39, 0.29) is 5.91 Å². The van der Waals surface area contributed by atoms with Crippen LogP contribution in [0.5, 0.6) is 23.1 Å². The zero-order valence-corrected chi connectivity index (χ0v) is 16.8. The van der Waals surface area contributed by atoms with Crippen molar-refractivity contribution in [3.05, 3.63) is 47.5 Å². The van der Waals surface area contributed by atoms with Crippen molar-refractivity contribution in [3.8, 4) is 33.6 Å². The Bertz CT molecular complexity index is 944. The summed E-state index contributed by atoms with van der Waals surface area (Å²) in [6, 6.07) is 10.7. The Labute approximate surface area is 166 Å². The van der Waals surface area contributed by atoms with Crippen molar-refractivity contribution in [1.29, 1.82) is 0 Å². The molecule has 146 valence electrons. The van der Waals surface area contributed by atoms with Crippen LogP contribution in [0, 0.1) is 0 Å². The average molecular weight is 400 g/mol. The second-order valence-electron chi connectivity index (χ2n) is 5.62. The minimum absolute atomic E-state index is 0.230. The summed E-state index contributed by atoms with van der Waals surface area (Å²) in [6.07, 6.45) is 1.71. The van der Waals surface area contributed by atoms with Gasteiger partial charge in [0, 0.05) is 40.5 Å². The molecule has 1 amide bonds. The highest BCUT2D eigenvalue weighted by Crippen LogP contribution is 2.40. The molecule has 0 aliphatic rings. The average Bonchev–Trinajstić information content (AvgIpc) is 3.23. The molecule has 0 bridgehead atoms. The number of pyridine rings is 1. The van der Waals surface area contributed by atoms with E-state index in [0.29, 0.717) is 33.7 Å². The number of carbonyl (C=O) groups excluding carboxylic acids is 1. The van der Waals surface area contributed by atoms with Crippen molar-refractivity contribution < 1.29 is 23.7 Å². The summed E-state index contributed by atoms with van der Waals surface area (Å²) in [5, 5.41) is 2.86. The van der Waals surface area contributed by atoms with Crippen LogP contribution in [0.25, 0.3) is 10.4 Å². The van der Waals surface area contributed by atoms with Crippen LogP contribution >= 0.6 is 11.3 Å². The van der Waals surface area contributed by atoms with Gasteiger partial charge in [0.25, 0.3) is 5.91 Å². The van der Waals surface area contributed by atoms with Crippen LogP contribution in [-0.2, 0) is 0 Å². The number of amides is 1. The fraction of sp³-hybridized carbons (Fsp3) is 0.200. The number of thiophene rings is 1. The largest absolute Gasteiger partial charge is 0.493 e. The molecule has 1 N–H and O–H groups in total. The summed E-state index contributed by atoms with van der Waals surface area (Å²) in [5.41, 5.74) is 1.46. The van der Waals surface area contributed by atoms with Gasteiger partial charge in [-0.1, -0.05) is 0 Å². The van der Waals surface area contributed by atoms with Crippen LogP contribution in [0.3, 0.4) is 0 Å².